The molecule has 28 heavy (non-hydrogen) atoms. The largest absolute Gasteiger partial charge is 0.481 e. The highest BCUT2D eigenvalue weighted by Gasteiger charge is 2.31. The van der Waals surface area contributed by atoms with Gasteiger partial charge in [0.1, 0.15) is 17.2 Å². The first-order valence-electron chi connectivity index (χ1n) is 7.78. The SMILES string of the molecule is CC(CC(=O)O)Nc1cc(Oc2ccc(C(F)(F)F)cc2Cl)ccc1[N+](=O)[O-]. The Labute approximate surface area is 161 Å². The normalized spacial score (nSPS) is 12.3. The topological polar surface area (TPSA) is 102 Å². The number of aliphatic carboxylic acids is 1. The van der Waals surface area contributed by atoms with Gasteiger partial charge in [-0.1, -0.05) is 11.6 Å². The van der Waals surface area contributed by atoms with E-state index in [9.17, 15) is 28.1 Å². The Hall–Kier alpha value is -3.01. The summed E-state index contributed by atoms with van der Waals surface area (Å²) in [6.45, 7) is 1.53. The van der Waals surface area contributed by atoms with Crippen LogP contribution in [-0.4, -0.2) is 22.0 Å². The number of nitro groups is 1. The molecule has 0 heterocycles. The average Bonchev–Trinajstić information content (AvgIpc) is 2.54. The Morgan fingerprint density at radius 2 is 2.00 bits per heavy atom. The molecule has 2 aromatic rings. The van der Waals surface area contributed by atoms with Gasteiger partial charge in [0.25, 0.3) is 5.69 Å². The van der Waals surface area contributed by atoms with E-state index < -0.39 is 28.7 Å². The molecule has 0 aromatic heterocycles. The Morgan fingerprint density at radius 1 is 1.32 bits per heavy atom. The third kappa shape index (κ3) is 5.49. The molecule has 0 fully saturated rings. The van der Waals surface area contributed by atoms with E-state index in [1.807, 2.05) is 0 Å². The van der Waals surface area contributed by atoms with Gasteiger partial charge in [0.15, 0.2) is 0 Å². The van der Waals surface area contributed by atoms with E-state index in [1.165, 1.54) is 19.1 Å². The van der Waals surface area contributed by atoms with Crippen LogP contribution in [0, 0.1) is 10.1 Å². The van der Waals surface area contributed by atoms with Crippen LogP contribution >= 0.6 is 11.6 Å². The summed E-state index contributed by atoms with van der Waals surface area (Å²) in [6.07, 6.45) is -4.85. The fourth-order valence-electron chi connectivity index (χ4n) is 2.32. The molecule has 1 atom stereocenters. The minimum Gasteiger partial charge on any atom is -0.481 e. The van der Waals surface area contributed by atoms with Crippen molar-refractivity contribution in [2.24, 2.45) is 0 Å². The highest BCUT2D eigenvalue weighted by Crippen LogP contribution is 2.38. The predicted molar refractivity (Wildman–Crippen MR) is 95.0 cm³/mol. The van der Waals surface area contributed by atoms with E-state index in [1.54, 1.807) is 0 Å². The van der Waals surface area contributed by atoms with Crippen molar-refractivity contribution in [3.8, 4) is 11.5 Å². The van der Waals surface area contributed by atoms with Crippen molar-refractivity contribution in [3.63, 3.8) is 0 Å². The van der Waals surface area contributed by atoms with E-state index in [4.69, 9.17) is 21.4 Å². The highest BCUT2D eigenvalue weighted by molar-refractivity contribution is 6.32. The molecule has 7 nitrogen and oxygen atoms in total. The standard InChI is InChI=1S/C17H14ClF3N2O5/c1-9(6-16(24)25)22-13-8-11(3-4-14(13)23(26)27)28-15-5-2-10(7-12(15)18)17(19,20)21/h2-5,7-9,22H,6H2,1H3,(H,24,25). The smallest absolute Gasteiger partial charge is 0.416 e. The minimum absolute atomic E-state index is 0.000663. The van der Waals surface area contributed by atoms with Crippen molar-refractivity contribution in [1.29, 1.82) is 0 Å². The van der Waals surface area contributed by atoms with Gasteiger partial charge in [0.05, 0.1) is 21.9 Å². The summed E-state index contributed by atoms with van der Waals surface area (Å²) in [4.78, 5) is 21.3. The molecule has 2 aromatic carbocycles. The van der Waals surface area contributed by atoms with Crippen molar-refractivity contribution in [2.45, 2.75) is 25.6 Å². The lowest BCUT2D eigenvalue weighted by molar-refractivity contribution is -0.384. The summed E-state index contributed by atoms with van der Waals surface area (Å²) < 4.78 is 43.5. The minimum atomic E-state index is -4.56. The maximum Gasteiger partial charge on any atom is 0.416 e. The summed E-state index contributed by atoms with van der Waals surface area (Å²) in [7, 11) is 0. The first-order chi connectivity index (χ1) is 13.0. The second-order valence-corrected chi connectivity index (χ2v) is 6.23. The van der Waals surface area contributed by atoms with Crippen molar-refractivity contribution in [1.82, 2.24) is 0 Å². The molecule has 0 aliphatic heterocycles. The molecular weight excluding hydrogens is 405 g/mol. The summed E-state index contributed by atoms with van der Waals surface area (Å²) in [5.74, 6) is -1.10. The van der Waals surface area contributed by atoms with Gasteiger partial charge in [0.2, 0.25) is 0 Å². The molecule has 1 unspecified atom stereocenters. The van der Waals surface area contributed by atoms with Crippen LogP contribution in [0.4, 0.5) is 24.5 Å². The Morgan fingerprint density at radius 3 is 2.54 bits per heavy atom. The molecule has 0 aliphatic carbocycles. The lowest BCUT2D eigenvalue weighted by Crippen LogP contribution is -2.19. The van der Waals surface area contributed by atoms with Crippen LogP contribution in [0.3, 0.4) is 0 Å². The van der Waals surface area contributed by atoms with Gasteiger partial charge in [-0.25, -0.2) is 0 Å². The Kier molecular flexibility index (Phi) is 6.34. The molecule has 0 radical (unpaired) electrons. The first-order valence-corrected chi connectivity index (χ1v) is 8.16. The molecule has 0 aliphatic rings. The molecule has 2 N–H and O–H groups in total. The van der Waals surface area contributed by atoms with Crippen LogP contribution in [0.15, 0.2) is 36.4 Å². The van der Waals surface area contributed by atoms with Crippen LogP contribution in [-0.2, 0) is 11.0 Å². The van der Waals surface area contributed by atoms with E-state index in [0.29, 0.717) is 6.07 Å². The van der Waals surface area contributed by atoms with E-state index in [0.717, 1.165) is 18.2 Å². The van der Waals surface area contributed by atoms with Gasteiger partial charge in [-0.05, 0) is 31.2 Å². The lowest BCUT2D eigenvalue weighted by atomic mass is 10.2. The zero-order chi connectivity index (χ0) is 21.1. The summed E-state index contributed by atoms with van der Waals surface area (Å²) in [6, 6.07) is 5.53. The number of hydrogen-bond acceptors (Lipinski definition) is 5. The fourth-order valence-corrected chi connectivity index (χ4v) is 2.54. The number of alkyl halides is 3. The summed E-state index contributed by atoms with van der Waals surface area (Å²) >= 11 is 5.83. The van der Waals surface area contributed by atoms with Crippen LogP contribution in [0.1, 0.15) is 18.9 Å². The Bertz CT molecular complexity index is 905. The second kappa shape index (κ2) is 8.34. The molecule has 150 valence electrons. The number of carboxylic acid groups (broad SMARTS) is 1. The van der Waals surface area contributed by atoms with Crippen molar-refractivity contribution in [2.75, 3.05) is 5.32 Å². The second-order valence-electron chi connectivity index (χ2n) is 5.82. The number of nitrogens with zero attached hydrogens (tertiary/aromatic N) is 1. The van der Waals surface area contributed by atoms with Crippen LogP contribution in [0.2, 0.25) is 5.02 Å². The number of carboxylic acids is 1. The molecule has 0 bridgehead atoms. The third-order valence-corrected chi connectivity index (χ3v) is 3.83. The summed E-state index contributed by atoms with van der Waals surface area (Å²) in [5, 5.41) is 22.4. The Balaban J connectivity index is 2.30. The van der Waals surface area contributed by atoms with Crippen LogP contribution in [0.25, 0.3) is 0 Å². The number of nitro benzene ring substituents is 1. The third-order valence-electron chi connectivity index (χ3n) is 3.53. The van der Waals surface area contributed by atoms with Crippen molar-refractivity contribution in [3.05, 3.63) is 57.1 Å². The van der Waals surface area contributed by atoms with Gasteiger partial charge in [-0.3, -0.25) is 14.9 Å². The number of anilines is 1. The zero-order valence-electron chi connectivity index (χ0n) is 14.3. The maximum absolute atomic E-state index is 12.7. The van der Waals surface area contributed by atoms with Gasteiger partial charge >= 0.3 is 12.1 Å². The number of carbonyl (C=O) groups is 1. The fraction of sp³-hybridized carbons (Fsp3) is 0.235. The highest BCUT2D eigenvalue weighted by atomic mass is 35.5. The van der Waals surface area contributed by atoms with E-state index in [-0.39, 0.29) is 34.3 Å². The zero-order valence-corrected chi connectivity index (χ0v) is 15.0. The number of nitrogens with one attached hydrogen (secondary N) is 1. The molecule has 0 saturated carbocycles. The van der Waals surface area contributed by atoms with E-state index in [2.05, 4.69) is 5.32 Å². The van der Waals surface area contributed by atoms with Crippen LogP contribution in [0.5, 0.6) is 11.5 Å². The molecular formula is C17H14ClF3N2O5. The molecule has 0 saturated heterocycles. The molecule has 11 heteroatoms. The molecule has 0 spiro atoms. The average molecular weight is 419 g/mol. The van der Waals surface area contributed by atoms with Gasteiger partial charge in [0, 0.05) is 18.2 Å². The molecule has 0 amide bonds. The van der Waals surface area contributed by atoms with E-state index >= 15 is 0 Å². The van der Waals surface area contributed by atoms with Crippen LogP contribution < -0.4 is 10.1 Å². The van der Waals surface area contributed by atoms with Crippen molar-refractivity contribution >= 4 is 28.9 Å². The number of halogens is 4. The summed E-state index contributed by atoms with van der Waals surface area (Å²) in [5.41, 5.74) is -1.26. The number of hydrogen-bond donors (Lipinski definition) is 2. The monoisotopic (exact) mass is 418 g/mol. The number of rotatable bonds is 7. The van der Waals surface area contributed by atoms with Crippen molar-refractivity contribution < 1.29 is 32.7 Å². The predicted octanol–water partition coefficient (Wildman–Crippen LogP) is 5.33. The quantitative estimate of drug-likeness (QED) is 0.465. The first kappa shape index (κ1) is 21.3. The van der Waals surface area contributed by atoms with Gasteiger partial charge in [-0.2, -0.15) is 13.2 Å². The molecule has 2 rings (SSSR count). The maximum atomic E-state index is 12.7. The lowest BCUT2D eigenvalue weighted by Gasteiger charge is -2.15. The van der Waals surface area contributed by atoms with Gasteiger partial charge in [-0.15, -0.1) is 0 Å². The number of ether oxygens (including phenoxy) is 1. The van der Waals surface area contributed by atoms with Gasteiger partial charge < -0.3 is 15.2 Å². The number of benzene rings is 2.